The highest BCUT2D eigenvalue weighted by molar-refractivity contribution is 4.60. The maximum absolute atomic E-state index is 9.76. The van der Waals surface area contributed by atoms with Gasteiger partial charge in [-0.2, -0.15) is 0 Å². The quantitative estimate of drug-likeness (QED) is 0.0849. The Morgan fingerprint density at radius 3 is 0.676 bits per heavy atom. The van der Waals surface area contributed by atoms with Crippen LogP contribution >= 0.6 is 0 Å². The highest BCUT2D eigenvalue weighted by Gasteiger charge is 2.07. The van der Waals surface area contributed by atoms with Crippen LogP contribution in [0.15, 0.2) is 0 Å². The standard InChI is InChI=1S/C36H74O/c1-3-5-7-9-11-13-15-17-19-20-22-24-26-28-30-32-34-36(35-37)33-31-29-27-25-23-21-18-16-14-12-10-8-6-4-2/h36-37H,3-35H2,1-2H3. The molecule has 1 N–H and O–H groups in total. The zero-order valence-electron chi connectivity index (χ0n) is 26.4. The molecule has 0 aliphatic carbocycles. The molecule has 0 fully saturated rings. The van der Waals surface area contributed by atoms with Gasteiger partial charge in [-0.25, -0.2) is 0 Å². The Balaban J connectivity index is 3.25. The van der Waals surface area contributed by atoms with Crippen LogP contribution in [0.1, 0.15) is 219 Å². The summed E-state index contributed by atoms with van der Waals surface area (Å²) < 4.78 is 0. The molecule has 1 atom stereocenters. The summed E-state index contributed by atoms with van der Waals surface area (Å²) in [7, 11) is 0. The highest BCUT2D eigenvalue weighted by atomic mass is 16.3. The number of hydrogen-bond donors (Lipinski definition) is 1. The smallest absolute Gasteiger partial charge is 0.0459 e. The monoisotopic (exact) mass is 523 g/mol. The van der Waals surface area contributed by atoms with Gasteiger partial charge in [-0.15, -0.1) is 0 Å². The van der Waals surface area contributed by atoms with Gasteiger partial charge in [0.2, 0.25) is 0 Å². The summed E-state index contributed by atoms with van der Waals surface area (Å²) in [6.45, 7) is 5.01. The molecule has 0 aliphatic rings. The molecule has 1 unspecified atom stereocenters. The first-order valence-corrected chi connectivity index (χ1v) is 18.0. The van der Waals surface area contributed by atoms with E-state index in [0.29, 0.717) is 12.5 Å². The van der Waals surface area contributed by atoms with Crippen LogP contribution in [-0.2, 0) is 0 Å². The lowest BCUT2D eigenvalue weighted by molar-refractivity contribution is 0.204. The summed E-state index contributed by atoms with van der Waals surface area (Å²) in [5.41, 5.74) is 0. The summed E-state index contributed by atoms with van der Waals surface area (Å²) in [6.07, 6.45) is 45.5. The Morgan fingerprint density at radius 1 is 0.297 bits per heavy atom. The number of hydrogen-bond acceptors (Lipinski definition) is 1. The van der Waals surface area contributed by atoms with Crippen molar-refractivity contribution in [1.29, 1.82) is 0 Å². The predicted octanol–water partition coefficient (Wildman–Crippen LogP) is 13.1. The fourth-order valence-corrected chi connectivity index (χ4v) is 5.94. The first-order chi connectivity index (χ1) is 18.3. The number of unbranched alkanes of at least 4 members (excludes halogenated alkanes) is 28. The molecule has 0 aromatic heterocycles. The Bertz CT molecular complexity index is 379. The highest BCUT2D eigenvalue weighted by Crippen LogP contribution is 2.20. The van der Waals surface area contributed by atoms with Gasteiger partial charge in [0, 0.05) is 6.61 Å². The predicted molar refractivity (Wildman–Crippen MR) is 170 cm³/mol. The molecule has 0 saturated carbocycles. The van der Waals surface area contributed by atoms with Crippen molar-refractivity contribution < 1.29 is 5.11 Å². The summed E-state index contributed by atoms with van der Waals surface area (Å²) in [5.74, 6) is 0.573. The van der Waals surface area contributed by atoms with Crippen molar-refractivity contribution in [2.45, 2.75) is 219 Å². The van der Waals surface area contributed by atoms with Gasteiger partial charge in [0.05, 0.1) is 0 Å². The lowest BCUT2D eigenvalue weighted by atomic mass is 9.94. The summed E-state index contributed by atoms with van der Waals surface area (Å²) in [6, 6.07) is 0. The van der Waals surface area contributed by atoms with E-state index in [2.05, 4.69) is 13.8 Å². The van der Waals surface area contributed by atoms with E-state index in [4.69, 9.17) is 0 Å². The van der Waals surface area contributed by atoms with Gasteiger partial charge in [-0.05, 0) is 18.8 Å². The minimum atomic E-state index is 0.414. The molecule has 0 aromatic rings. The third kappa shape index (κ3) is 32.1. The molecular formula is C36H74O. The molecule has 224 valence electrons. The Labute approximate surface area is 236 Å². The van der Waals surface area contributed by atoms with E-state index in [1.165, 1.54) is 205 Å². The van der Waals surface area contributed by atoms with Crippen LogP contribution in [0.4, 0.5) is 0 Å². The number of aliphatic hydroxyl groups is 1. The van der Waals surface area contributed by atoms with Crippen LogP contribution in [0, 0.1) is 5.92 Å². The van der Waals surface area contributed by atoms with Crippen molar-refractivity contribution >= 4 is 0 Å². The van der Waals surface area contributed by atoms with E-state index in [9.17, 15) is 5.11 Å². The third-order valence-electron chi connectivity index (χ3n) is 8.69. The van der Waals surface area contributed by atoms with Crippen molar-refractivity contribution in [2.75, 3.05) is 6.61 Å². The molecule has 0 rings (SSSR count). The molecule has 1 heteroatoms. The zero-order chi connectivity index (χ0) is 26.9. The third-order valence-corrected chi connectivity index (χ3v) is 8.69. The van der Waals surface area contributed by atoms with Crippen molar-refractivity contribution in [1.82, 2.24) is 0 Å². The van der Waals surface area contributed by atoms with Crippen molar-refractivity contribution in [3.8, 4) is 0 Å². The number of aliphatic hydroxyl groups excluding tert-OH is 1. The normalized spacial score (nSPS) is 12.4. The topological polar surface area (TPSA) is 20.2 Å². The Kier molecular flexibility index (Phi) is 34.0. The van der Waals surface area contributed by atoms with E-state index in [-0.39, 0.29) is 0 Å². The van der Waals surface area contributed by atoms with E-state index in [1.807, 2.05) is 0 Å². The SMILES string of the molecule is CCCCCCCCCCCCCCCCCCC(CO)CCCCCCCCCCCCCCCC. The van der Waals surface area contributed by atoms with Crippen molar-refractivity contribution in [3.05, 3.63) is 0 Å². The maximum atomic E-state index is 9.76. The fourth-order valence-electron chi connectivity index (χ4n) is 5.94. The molecular weight excluding hydrogens is 448 g/mol. The minimum Gasteiger partial charge on any atom is -0.396 e. The Morgan fingerprint density at radius 2 is 0.486 bits per heavy atom. The Hall–Kier alpha value is -0.0400. The lowest BCUT2D eigenvalue weighted by Crippen LogP contribution is -2.06. The van der Waals surface area contributed by atoms with Gasteiger partial charge in [-0.1, -0.05) is 206 Å². The molecule has 37 heavy (non-hydrogen) atoms. The molecule has 0 heterocycles. The van der Waals surface area contributed by atoms with Crippen LogP contribution in [0.5, 0.6) is 0 Å². The molecule has 0 aromatic carbocycles. The van der Waals surface area contributed by atoms with Gasteiger partial charge in [0.1, 0.15) is 0 Å². The van der Waals surface area contributed by atoms with Gasteiger partial charge in [-0.3, -0.25) is 0 Å². The van der Waals surface area contributed by atoms with Gasteiger partial charge < -0.3 is 5.11 Å². The van der Waals surface area contributed by atoms with Gasteiger partial charge >= 0.3 is 0 Å². The second-order valence-electron chi connectivity index (χ2n) is 12.5. The molecule has 0 bridgehead atoms. The van der Waals surface area contributed by atoms with E-state index < -0.39 is 0 Å². The van der Waals surface area contributed by atoms with Crippen molar-refractivity contribution in [2.24, 2.45) is 5.92 Å². The molecule has 0 saturated heterocycles. The second kappa shape index (κ2) is 34.0. The summed E-state index contributed by atoms with van der Waals surface area (Å²) in [5, 5.41) is 9.76. The summed E-state index contributed by atoms with van der Waals surface area (Å²) >= 11 is 0. The second-order valence-corrected chi connectivity index (χ2v) is 12.5. The maximum Gasteiger partial charge on any atom is 0.0459 e. The molecule has 0 amide bonds. The average molecular weight is 523 g/mol. The van der Waals surface area contributed by atoms with Crippen molar-refractivity contribution in [3.63, 3.8) is 0 Å². The van der Waals surface area contributed by atoms with Crippen LogP contribution in [-0.4, -0.2) is 11.7 Å². The van der Waals surface area contributed by atoms with Gasteiger partial charge in [0.25, 0.3) is 0 Å². The van der Waals surface area contributed by atoms with Crippen LogP contribution in [0.25, 0.3) is 0 Å². The fraction of sp³-hybridized carbons (Fsp3) is 1.00. The number of rotatable bonds is 33. The molecule has 0 radical (unpaired) electrons. The minimum absolute atomic E-state index is 0.414. The molecule has 0 aliphatic heterocycles. The molecule has 0 spiro atoms. The average Bonchev–Trinajstić information content (AvgIpc) is 2.91. The zero-order valence-corrected chi connectivity index (χ0v) is 26.4. The summed E-state index contributed by atoms with van der Waals surface area (Å²) in [4.78, 5) is 0. The lowest BCUT2D eigenvalue weighted by Gasteiger charge is -2.13. The van der Waals surface area contributed by atoms with Crippen LogP contribution < -0.4 is 0 Å². The first-order valence-electron chi connectivity index (χ1n) is 18.0. The van der Waals surface area contributed by atoms with Crippen LogP contribution in [0.3, 0.4) is 0 Å². The van der Waals surface area contributed by atoms with E-state index >= 15 is 0 Å². The van der Waals surface area contributed by atoms with E-state index in [0.717, 1.165) is 0 Å². The molecule has 1 nitrogen and oxygen atoms in total. The largest absolute Gasteiger partial charge is 0.396 e. The van der Waals surface area contributed by atoms with Gasteiger partial charge in [0.15, 0.2) is 0 Å². The van der Waals surface area contributed by atoms with E-state index in [1.54, 1.807) is 0 Å². The van der Waals surface area contributed by atoms with Crippen LogP contribution in [0.2, 0.25) is 0 Å². The first kappa shape index (κ1) is 37.0.